The quantitative estimate of drug-likeness (QED) is 0.781. The van der Waals surface area contributed by atoms with E-state index in [-0.39, 0.29) is 6.09 Å². The molecule has 1 aromatic carbocycles. The van der Waals surface area contributed by atoms with Gasteiger partial charge in [0.25, 0.3) is 0 Å². The van der Waals surface area contributed by atoms with Gasteiger partial charge in [-0.25, -0.2) is 9.78 Å². The zero-order valence-corrected chi connectivity index (χ0v) is 15.4. The number of nitrogens with zero attached hydrogens (tertiary/aromatic N) is 2. The number of thiazole rings is 1. The van der Waals surface area contributed by atoms with Crippen molar-refractivity contribution >= 4 is 39.4 Å². The monoisotopic (exact) mass is 350 g/mol. The van der Waals surface area contributed by atoms with Gasteiger partial charge in [0.05, 0.1) is 10.2 Å². The van der Waals surface area contributed by atoms with Crippen LogP contribution in [0, 0.1) is 0 Å². The average molecular weight is 351 g/mol. The van der Waals surface area contributed by atoms with Crippen LogP contribution in [0.3, 0.4) is 0 Å². The molecule has 23 heavy (non-hydrogen) atoms. The van der Waals surface area contributed by atoms with Gasteiger partial charge in [0.2, 0.25) is 0 Å². The number of carbonyl (C=O) groups is 1. The fourth-order valence-corrected chi connectivity index (χ4v) is 5.11. The van der Waals surface area contributed by atoms with Crippen LogP contribution in [0.4, 0.5) is 4.79 Å². The Kier molecular flexibility index (Phi) is 4.82. The first-order valence-electron chi connectivity index (χ1n) is 7.91. The fourth-order valence-electron chi connectivity index (χ4n) is 2.57. The van der Waals surface area contributed by atoms with Crippen molar-refractivity contribution in [1.82, 2.24) is 9.88 Å². The van der Waals surface area contributed by atoms with Gasteiger partial charge in [0, 0.05) is 18.3 Å². The maximum atomic E-state index is 12.2. The highest BCUT2D eigenvalue weighted by atomic mass is 32.2. The number of benzene rings is 1. The van der Waals surface area contributed by atoms with Crippen molar-refractivity contribution in [3.8, 4) is 0 Å². The number of hydrogen-bond acceptors (Lipinski definition) is 5. The molecule has 0 radical (unpaired) electrons. The molecular formula is C17H22N2O2S2. The molecule has 0 saturated carbocycles. The van der Waals surface area contributed by atoms with E-state index in [0.29, 0.717) is 5.25 Å². The number of rotatable bonds is 2. The van der Waals surface area contributed by atoms with Crippen LogP contribution in [-0.2, 0) is 4.74 Å². The molecule has 124 valence electrons. The Morgan fingerprint density at radius 3 is 2.91 bits per heavy atom. The molecule has 0 aliphatic carbocycles. The number of aromatic nitrogens is 1. The Labute approximate surface area is 145 Å². The number of piperidine rings is 1. The van der Waals surface area contributed by atoms with Gasteiger partial charge in [-0.1, -0.05) is 23.9 Å². The van der Waals surface area contributed by atoms with Crippen LogP contribution in [0.1, 0.15) is 33.6 Å². The summed E-state index contributed by atoms with van der Waals surface area (Å²) >= 11 is 3.52. The summed E-state index contributed by atoms with van der Waals surface area (Å²) in [5.74, 6) is 0. The number of para-hydroxylation sites is 1. The van der Waals surface area contributed by atoms with Crippen LogP contribution in [0.5, 0.6) is 0 Å². The maximum absolute atomic E-state index is 12.2. The molecule has 1 fully saturated rings. The van der Waals surface area contributed by atoms with Crippen molar-refractivity contribution in [3.63, 3.8) is 0 Å². The Morgan fingerprint density at radius 2 is 2.17 bits per heavy atom. The zero-order chi connectivity index (χ0) is 16.4. The van der Waals surface area contributed by atoms with Crippen LogP contribution >= 0.6 is 23.1 Å². The lowest BCUT2D eigenvalue weighted by atomic mass is 10.1. The number of hydrogen-bond donors (Lipinski definition) is 0. The summed E-state index contributed by atoms with van der Waals surface area (Å²) in [6, 6.07) is 8.20. The van der Waals surface area contributed by atoms with Crippen molar-refractivity contribution in [1.29, 1.82) is 0 Å². The molecule has 1 amide bonds. The second-order valence-corrected chi connectivity index (χ2v) is 9.33. The number of ether oxygens (including phenoxy) is 1. The third-order valence-electron chi connectivity index (χ3n) is 3.57. The summed E-state index contributed by atoms with van der Waals surface area (Å²) in [4.78, 5) is 18.8. The van der Waals surface area contributed by atoms with Gasteiger partial charge < -0.3 is 9.64 Å². The van der Waals surface area contributed by atoms with Gasteiger partial charge in [-0.05, 0) is 45.7 Å². The lowest BCUT2D eigenvalue weighted by Crippen LogP contribution is -2.43. The van der Waals surface area contributed by atoms with E-state index < -0.39 is 5.60 Å². The van der Waals surface area contributed by atoms with Gasteiger partial charge in [-0.15, -0.1) is 11.3 Å². The molecule has 0 N–H and O–H groups in total. The Bertz CT molecular complexity index is 660. The maximum Gasteiger partial charge on any atom is 0.410 e. The highest BCUT2D eigenvalue weighted by Gasteiger charge is 2.28. The molecule has 2 aromatic rings. The van der Waals surface area contributed by atoms with E-state index in [9.17, 15) is 4.79 Å². The third-order valence-corrected chi connectivity index (χ3v) is 5.95. The first-order valence-corrected chi connectivity index (χ1v) is 9.60. The Morgan fingerprint density at radius 1 is 1.39 bits per heavy atom. The van der Waals surface area contributed by atoms with Crippen molar-refractivity contribution in [2.45, 2.75) is 48.8 Å². The molecule has 1 saturated heterocycles. The first-order chi connectivity index (χ1) is 10.9. The predicted molar refractivity (Wildman–Crippen MR) is 96.3 cm³/mol. The third kappa shape index (κ3) is 4.38. The van der Waals surface area contributed by atoms with E-state index in [1.165, 1.54) is 4.70 Å². The molecule has 0 spiro atoms. The molecular weight excluding hydrogens is 328 g/mol. The number of fused-ring (bicyclic) bond motifs is 1. The fraction of sp³-hybridized carbons (Fsp3) is 0.529. The topological polar surface area (TPSA) is 42.4 Å². The van der Waals surface area contributed by atoms with Crippen LogP contribution in [-0.4, -0.2) is 39.9 Å². The summed E-state index contributed by atoms with van der Waals surface area (Å²) < 4.78 is 7.79. The van der Waals surface area contributed by atoms with Crippen LogP contribution < -0.4 is 0 Å². The smallest absolute Gasteiger partial charge is 0.410 e. The predicted octanol–water partition coefficient (Wildman–Crippen LogP) is 4.79. The number of thioether (sulfide) groups is 1. The minimum atomic E-state index is -0.440. The minimum Gasteiger partial charge on any atom is -0.444 e. The van der Waals surface area contributed by atoms with Crippen LogP contribution in [0.25, 0.3) is 10.2 Å². The van der Waals surface area contributed by atoms with Crippen molar-refractivity contribution in [2.24, 2.45) is 0 Å². The molecule has 0 bridgehead atoms. The first kappa shape index (κ1) is 16.6. The van der Waals surface area contributed by atoms with E-state index in [1.54, 1.807) is 23.1 Å². The van der Waals surface area contributed by atoms with E-state index in [2.05, 4.69) is 11.1 Å². The van der Waals surface area contributed by atoms with Gasteiger partial charge in [0.1, 0.15) is 5.60 Å². The average Bonchev–Trinajstić information content (AvgIpc) is 2.88. The second kappa shape index (κ2) is 6.69. The lowest BCUT2D eigenvalue weighted by molar-refractivity contribution is 0.0220. The second-order valence-electron chi connectivity index (χ2n) is 6.76. The number of likely N-dealkylation sites (tertiary alicyclic amines) is 1. The Hall–Kier alpha value is -1.27. The van der Waals surface area contributed by atoms with Crippen molar-refractivity contribution in [3.05, 3.63) is 24.3 Å². The summed E-state index contributed by atoms with van der Waals surface area (Å²) in [6.07, 6.45) is 1.92. The van der Waals surface area contributed by atoms with Crippen molar-refractivity contribution in [2.75, 3.05) is 13.1 Å². The lowest BCUT2D eigenvalue weighted by Gasteiger charge is -2.33. The SMILES string of the molecule is CC(C)(C)OC(=O)N1CCCC(Sc2nc3ccccc3s2)C1. The molecule has 6 heteroatoms. The zero-order valence-electron chi connectivity index (χ0n) is 13.7. The van der Waals surface area contributed by atoms with Gasteiger partial charge in [-0.3, -0.25) is 0 Å². The summed E-state index contributed by atoms with van der Waals surface area (Å²) in [5.41, 5.74) is 0.615. The van der Waals surface area contributed by atoms with E-state index in [1.807, 2.05) is 43.9 Å². The standard InChI is InChI=1S/C17H22N2O2S2/c1-17(2,3)21-16(20)19-10-6-7-12(11-19)22-15-18-13-8-4-5-9-14(13)23-15/h4-5,8-9,12H,6-7,10-11H2,1-3H3. The normalized spacial score (nSPS) is 19.1. The molecule has 1 atom stereocenters. The molecule has 1 aliphatic heterocycles. The molecule has 4 nitrogen and oxygen atoms in total. The molecule has 1 aliphatic rings. The van der Waals surface area contributed by atoms with Gasteiger partial charge in [-0.2, -0.15) is 0 Å². The van der Waals surface area contributed by atoms with Gasteiger partial charge >= 0.3 is 6.09 Å². The van der Waals surface area contributed by atoms with E-state index in [0.717, 1.165) is 35.8 Å². The largest absolute Gasteiger partial charge is 0.444 e. The molecule has 2 heterocycles. The van der Waals surface area contributed by atoms with E-state index in [4.69, 9.17) is 4.74 Å². The van der Waals surface area contributed by atoms with Crippen LogP contribution in [0.15, 0.2) is 28.6 Å². The summed E-state index contributed by atoms with van der Waals surface area (Å²) in [7, 11) is 0. The summed E-state index contributed by atoms with van der Waals surface area (Å²) in [5, 5.41) is 0.386. The van der Waals surface area contributed by atoms with E-state index >= 15 is 0 Å². The molecule has 1 unspecified atom stereocenters. The van der Waals surface area contributed by atoms with Gasteiger partial charge in [0.15, 0.2) is 4.34 Å². The van der Waals surface area contributed by atoms with Crippen LogP contribution in [0.2, 0.25) is 0 Å². The molecule has 1 aromatic heterocycles. The summed E-state index contributed by atoms with van der Waals surface area (Å²) in [6.45, 7) is 7.23. The highest BCUT2D eigenvalue weighted by molar-refractivity contribution is 8.01. The Balaban J connectivity index is 1.63. The minimum absolute atomic E-state index is 0.202. The van der Waals surface area contributed by atoms with Crippen molar-refractivity contribution < 1.29 is 9.53 Å². The number of amides is 1. The highest BCUT2D eigenvalue weighted by Crippen LogP contribution is 2.35. The molecule has 3 rings (SSSR count). The number of carbonyl (C=O) groups excluding carboxylic acids is 1.